The molecule has 1 aromatic rings. The van der Waals surface area contributed by atoms with Gasteiger partial charge in [0.1, 0.15) is 12.2 Å². The third-order valence-electron chi connectivity index (χ3n) is 3.99. The largest absolute Gasteiger partial charge is 0.445 e. The van der Waals surface area contributed by atoms with E-state index in [1.54, 1.807) is 27.8 Å². The Kier molecular flexibility index (Phi) is 6.65. The van der Waals surface area contributed by atoms with Crippen LogP contribution in [0.4, 0.5) is 9.59 Å². The second-order valence-electron chi connectivity index (χ2n) is 7.54. The van der Waals surface area contributed by atoms with Crippen LogP contribution in [-0.2, 0) is 20.9 Å². The van der Waals surface area contributed by atoms with Gasteiger partial charge in [0.05, 0.1) is 12.1 Å². The number of ether oxygens (including phenoxy) is 2. The number of likely N-dealkylation sites (tertiary alicyclic amines) is 1. The standard InChI is InChI=1S/C19H27N3O5/c1-19(2,3)27-18(25)21-15-11-22(4)16(23)10-14(15)20-17(24)26-12-13-8-6-5-7-9-13/h5-9,14-15H,10-12H2,1-4H3,(H,20,24)(H,21,25). The molecule has 2 rings (SSSR count). The number of piperidine rings is 1. The van der Waals surface area contributed by atoms with E-state index in [9.17, 15) is 14.4 Å². The first-order chi connectivity index (χ1) is 12.6. The maximum Gasteiger partial charge on any atom is 0.408 e. The number of carbonyl (C=O) groups is 3. The predicted molar refractivity (Wildman–Crippen MR) is 99.0 cm³/mol. The van der Waals surface area contributed by atoms with E-state index in [1.165, 1.54) is 4.90 Å². The van der Waals surface area contributed by atoms with E-state index in [4.69, 9.17) is 9.47 Å². The average molecular weight is 377 g/mol. The zero-order valence-corrected chi connectivity index (χ0v) is 16.2. The summed E-state index contributed by atoms with van der Waals surface area (Å²) in [5.41, 5.74) is 0.216. The molecule has 148 valence electrons. The number of alkyl carbamates (subject to hydrolysis) is 2. The number of benzene rings is 1. The molecule has 2 unspecified atom stereocenters. The zero-order chi connectivity index (χ0) is 20.0. The SMILES string of the molecule is CN1CC(NC(=O)OC(C)(C)C)C(NC(=O)OCc2ccccc2)CC1=O. The average Bonchev–Trinajstić information content (AvgIpc) is 2.57. The lowest BCUT2D eigenvalue weighted by atomic mass is 9.99. The van der Waals surface area contributed by atoms with Crippen molar-refractivity contribution in [3.63, 3.8) is 0 Å². The Labute approximate surface area is 159 Å². The fraction of sp³-hybridized carbons (Fsp3) is 0.526. The van der Waals surface area contributed by atoms with Crippen molar-refractivity contribution in [1.82, 2.24) is 15.5 Å². The van der Waals surface area contributed by atoms with Gasteiger partial charge in [-0.2, -0.15) is 0 Å². The summed E-state index contributed by atoms with van der Waals surface area (Å²) in [5, 5.41) is 5.41. The van der Waals surface area contributed by atoms with Crippen LogP contribution >= 0.6 is 0 Å². The summed E-state index contributed by atoms with van der Waals surface area (Å²) >= 11 is 0. The summed E-state index contributed by atoms with van der Waals surface area (Å²) in [6.07, 6.45) is -1.17. The van der Waals surface area contributed by atoms with Gasteiger partial charge in [-0.05, 0) is 26.3 Å². The fourth-order valence-corrected chi connectivity index (χ4v) is 2.68. The van der Waals surface area contributed by atoms with Crippen molar-refractivity contribution in [1.29, 1.82) is 0 Å². The maximum absolute atomic E-state index is 12.1. The van der Waals surface area contributed by atoms with Crippen molar-refractivity contribution in [2.24, 2.45) is 0 Å². The molecule has 1 heterocycles. The number of likely N-dealkylation sites (N-methyl/N-ethyl adjacent to an activating group) is 1. The van der Waals surface area contributed by atoms with Gasteiger partial charge in [-0.1, -0.05) is 30.3 Å². The van der Waals surface area contributed by atoms with Crippen LogP contribution in [-0.4, -0.2) is 54.3 Å². The van der Waals surface area contributed by atoms with Crippen molar-refractivity contribution in [3.8, 4) is 0 Å². The number of nitrogens with zero attached hydrogens (tertiary/aromatic N) is 1. The van der Waals surface area contributed by atoms with Crippen LogP contribution in [0.1, 0.15) is 32.8 Å². The molecule has 1 fully saturated rings. The number of rotatable bonds is 4. The third kappa shape index (κ3) is 6.80. The van der Waals surface area contributed by atoms with Crippen LogP contribution < -0.4 is 10.6 Å². The number of hydrogen-bond acceptors (Lipinski definition) is 5. The van der Waals surface area contributed by atoms with Crippen molar-refractivity contribution in [3.05, 3.63) is 35.9 Å². The minimum Gasteiger partial charge on any atom is -0.445 e. The summed E-state index contributed by atoms with van der Waals surface area (Å²) in [6.45, 7) is 5.68. The molecule has 1 aliphatic heterocycles. The van der Waals surface area contributed by atoms with E-state index in [2.05, 4.69) is 10.6 Å². The van der Waals surface area contributed by atoms with Gasteiger partial charge in [0, 0.05) is 20.0 Å². The third-order valence-corrected chi connectivity index (χ3v) is 3.99. The summed E-state index contributed by atoms with van der Waals surface area (Å²) in [5.74, 6) is -0.120. The Morgan fingerprint density at radius 1 is 1.11 bits per heavy atom. The van der Waals surface area contributed by atoms with E-state index in [0.717, 1.165) is 5.56 Å². The van der Waals surface area contributed by atoms with E-state index in [-0.39, 0.29) is 25.5 Å². The van der Waals surface area contributed by atoms with Gasteiger partial charge in [-0.15, -0.1) is 0 Å². The molecule has 8 nitrogen and oxygen atoms in total. The molecule has 0 bridgehead atoms. The first-order valence-electron chi connectivity index (χ1n) is 8.85. The van der Waals surface area contributed by atoms with Gasteiger partial charge < -0.3 is 25.0 Å². The minimum atomic E-state index is -0.641. The first-order valence-corrected chi connectivity index (χ1v) is 8.85. The molecular weight excluding hydrogens is 350 g/mol. The van der Waals surface area contributed by atoms with E-state index >= 15 is 0 Å². The Balaban J connectivity index is 1.94. The molecule has 0 saturated carbocycles. The molecule has 1 aliphatic rings. The van der Waals surface area contributed by atoms with Crippen LogP contribution in [0.3, 0.4) is 0 Å². The summed E-state index contributed by atoms with van der Waals surface area (Å²) < 4.78 is 10.5. The quantitative estimate of drug-likeness (QED) is 0.837. The number of carbonyl (C=O) groups excluding carboxylic acids is 3. The minimum absolute atomic E-state index is 0.0669. The van der Waals surface area contributed by atoms with Crippen LogP contribution in [0.2, 0.25) is 0 Å². The van der Waals surface area contributed by atoms with Gasteiger partial charge in [0.15, 0.2) is 0 Å². The van der Waals surface area contributed by atoms with Crippen molar-refractivity contribution in [2.75, 3.05) is 13.6 Å². The lowest BCUT2D eigenvalue weighted by molar-refractivity contribution is -0.133. The highest BCUT2D eigenvalue weighted by molar-refractivity contribution is 5.79. The van der Waals surface area contributed by atoms with Crippen molar-refractivity contribution >= 4 is 18.1 Å². The fourth-order valence-electron chi connectivity index (χ4n) is 2.68. The van der Waals surface area contributed by atoms with Crippen LogP contribution in [0, 0.1) is 0 Å². The Morgan fingerprint density at radius 2 is 1.74 bits per heavy atom. The van der Waals surface area contributed by atoms with Crippen LogP contribution in [0.15, 0.2) is 30.3 Å². The molecular formula is C19H27N3O5. The lowest BCUT2D eigenvalue weighted by Crippen LogP contribution is -2.61. The molecule has 0 aromatic heterocycles. The highest BCUT2D eigenvalue weighted by Gasteiger charge is 2.35. The molecule has 27 heavy (non-hydrogen) atoms. The lowest BCUT2D eigenvalue weighted by Gasteiger charge is -2.37. The molecule has 2 atom stereocenters. The maximum atomic E-state index is 12.1. The molecule has 2 N–H and O–H groups in total. The Morgan fingerprint density at radius 3 is 2.37 bits per heavy atom. The van der Waals surface area contributed by atoms with Crippen molar-refractivity contribution < 1.29 is 23.9 Å². The summed E-state index contributed by atoms with van der Waals surface area (Å²) in [6, 6.07) is 8.22. The van der Waals surface area contributed by atoms with Gasteiger partial charge >= 0.3 is 12.2 Å². The molecule has 1 aromatic carbocycles. The van der Waals surface area contributed by atoms with E-state index < -0.39 is 29.9 Å². The predicted octanol–water partition coefficient (Wildman–Crippen LogP) is 2.04. The van der Waals surface area contributed by atoms with E-state index in [0.29, 0.717) is 0 Å². The van der Waals surface area contributed by atoms with Gasteiger partial charge in [-0.25, -0.2) is 9.59 Å². The van der Waals surface area contributed by atoms with Gasteiger partial charge in [0.2, 0.25) is 5.91 Å². The number of nitrogens with one attached hydrogen (secondary N) is 2. The normalized spacial score (nSPS) is 20.0. The smallest absolute Gasteiger partial charge is 0.408 e. The Hall–Kier alpha value is -2.77. The zero-order valence-electron chi connectivity index (χ0n) is 16.2. The molecule has 0 radical (unpaired) electrons. The topological polar surface area (TPSA) is 97.0 Å². The number of hydrogen-bond donors (Lipinski definition) is 2. The molecule has 3 amide bonds. The van der Waals surface area contributed by atoms with Crippen molar-refractivity contribution in [2.45, 2.75) is 51.5 Å². The highest BCUT2D eigenvalue weighted by Crippen LogP contribution is 2.14. The molecule has 0 aliphatic carbocycles. The van der Waals surface area contributed by atoms with Crippen LogP contribution in [0.5, 0.6) is 0 Å². The molecule has 0 spiro atoms. The summed E-state index contributed by atoms with van der Waals surface area (Å²) in [4.78, 5) is 37.7. The van der Waals surface area contributed by atoms with Gasteiger partial charge in [0.25, 0.3) is 0 Å². The number of amides is 3. The summed E-state index contributed by atoms with van der Waals surface area (Å²) in [7, 11) is 1.65. The second-order valence-corrected chi connectivity index (χ2v) is 7.54. The Bertz CT molecular complexity index is 672. The molecule has 1 saturated heterocycles. The second kappa shape index (κ2) is 8.75. The van der Waals surface area contributed by atoms with E-state index in [1.807, 2.05) is 30.3 Å². The monoisotopic (exact) mass is 377 g/mol. The first kappa shape index (κ1) is 20.5. The molecule has 8 heteroatoms. The highest BCUT2D eigenvalue weighted by atomic mass is 16.6. The van der Waals surface area contributed by atoms with Gasteiger partial charge in [-0.3, -0.25) is 4.79 Å². The van der Waals surface area contributed by atoms with Crippen LogP contribution in [0.25, 0.3) is 0 Å².